The van der Waals surface area contributed by atoms with E-state index in [1.54, 1.807) is 24.3 Å². The van der Waals surface area contributed by atoms with Crippen LogP contribution in [0, 0.1) is 0 Å². The highest BCUT2D eigenvalue weighted by Crippen LogP contribution is 2.38. The quantitative estimate of drug-likeness (QED) is 0.897. The van der Waals surface area contributed by atoms with Crippen molar-refractivity contribution in [2.75, 3.05) is 0 Å². The molecule has 20 heavy (non-hydrogen) atoms. The van der Waals surface area contributed by atoms with Gasteiger partial charge < -0.3 is 10.2 Å². The second kappa shape index (κ2) is 4.49. The number of carboxylic acid groups (broad SMARTS) is 2. The Hall–Kier alpha value is -2.62. The summed E-state index contributed by atoms with van der Waals surface area (Å²) in [5.41, 5.74) is 3.39. The lowest BCUT2D eigenvalue weighted by molar-refractivity contribution is 0.0684. The molecule has 2 N–H and O–H groups in total. The lowest BCUT2D eigenvalue weighted by Crippen LogP contribution is -2.15. The molecule has 0 amide bonds. The molecule has 4 heteroatoms. The fraction of sp³-hybridized carbons (Fsp3) is 0.125. The summed E-state index contributed by atoms with van der Waals surface area (Å²) in [7, 11) is 0. The number of carboxylic acids is 2. The number of aryl methyl sites for hydroxylation is 1. The standard InChI is InChI=1S/C16H12O4/c17-15(18)12-4-2-1-3-11(12)14-10-7-5-9(10)6-8-13(14)16(19)20/h1-4,6,8H,5,7H2,(H,17,18)(H,19,20). The maximum absolute atomic E-state index is 11.4. The molecule has 1 aliphatic rings. The first-order valence-electron chi connectivity index (χ1n) is 6.30. The van der Waals surface area contributed by atoms with E-state index in [4.69, 9.17) is 0 Å². The zero-order chi connectivity index (χ0) is 14.3. The van der Waals surface area contributed by atoms with Crippen molar-refractivity contribution >= 4 is 11.9 Å². The summed E-state index contributed by atoms with van der Waals surface area (Å²) in [5, 5.41) is 18.6. The summed E-state index contributed by atoms with van der Waals surface area (Å²) in [4.78, 5) is 22.8. The predicted molar refractivity (Wildman–Crippen MR) is 73.2 cm³/mol. The number of carbonyl (C=O) groups is 2. The van der Waals surface area contributed by atoms with E-state index in [9.17, 15) is 19.8 Å². The molecule has 0 aromatic heterocycles. The molecule has 0 aliphatic heterocycles. The molecular weight excluding hydrogens is 256 g/mol. The average molecular weight is 268 g/mol. The first-order chi connectivity index (χ1) is 9.59. The van der Waals surface area contributed by atoms with Crippen molar-refractivity contribution in [3.8, 4) is 11.1 Å². The highest BCUT2D eigenvalue weighted by Gasteiger charge is 2.26. The predicted octanol–water partition coefficient (Wildman–Crippen LogP) is 2.85. The Labute approximate surface area is 115 Å². The number of hydrogen-bond acceptors (Lipinski definition) is 2. The molecule has 0 atom stereocenters. The highest BCUT2D eigenvalue weighted by atomic mass is 16.4. The van der Waals surface area contributed by atoms with Gasteiger partial charge in [-0.3, -0.25) is 0 Å². The molecular formula is C16H12O4. The lowest BCUT2D eigenvalue weighted by atomic mass is 9.79. The molecule has 0 saturated carbocycles. The number of rotatable bonds is 3. The molecule has 3 rings (SSSR count). The number of hydrogen-bond donors (Lipinski definition) is 2. The van der Waals surface area contributed by atoms with Gasteiger partial charge in [-0.1, -0.05) is 24.3 Å². The molecule has 0 unspecified atom stereocenters. The third kappa shape index (κ3) is 1.77. The molecule has 1 aliphatic carbocycles. The molecule has 100 valence electrons. The van der Waals surface area contributed by atoms with Gasteiger partial charge in [0.1, 0.15) is 0 Å². The maximum Gasteiger partial charge on any atom is 0.336 e. The van der Waals surface area contributed by atoms with E-state index < -0.39 is 11.9 Å². The smallest absolute Gasteiger partial charge is 0.336 e. The van der Waals surface area contributed by atoms with E-state index in [0.717, 1.165) is 24.0 Å². The van der Waals surface area contributed by atoms with Gasteiger partial charge in [0.25, 0.3) is 0 Å². The van der Waals surface area contributed by atoms with Gasteiger partial charge in [-0.15, -0.1) is 0 Å². The monoisotopic (exact) mass is 268 g/mol. The summed E-state index contributed by atoms with van der Waals surface area (Å²) in [6, 6.07) is 9.92. The van der Waals surface area contributed by atoms with Crippen molar-refractivity contribution < 1.29 is 19.8 Å². The fourth-order valence-electron chi connectivity index (χ4n) is 2.67. The molecule has 0 radical (unpaired) electrons. The fourth-order valence-corrected chi connectivity index (χ4v) is 2.67. The molecule has 2 aromatic rings. The van der Waals surface area contributed by atoms with Crippen LogP contribution in [0.1, 0.15) is 31.8 Å². The third-order valence-electron chi connectivity index (χ3n) is 3.71. The summed E-state index contributed by atoms with van der Waals surface area (Å²) in [5.74, 6) is -2.08. The maximum atomic E-state index is 11.4. The van der Waals surface area contributed by atoms with Gasteiger partial charge >= 0.3 is 11.9 Å². The second-order valence-electron chi connectivity index (χ2n) is 4.78. The summed E-state index contributed by atoms with van der Waals surface area (Å²) < 4.78 is 0. The normalized spacial score (nSPS) is 12.4. The minimum atomic E-state index is -1.05. The third-order valence-corrected chi connectivity index (χ3v) is 3.71. The Morgan fingerprint density at radius 3 is 2.15 bits per heavy atom. The minimum Gasteiger partial charge on any atom is -0.478 e. The van der Waals surface area contributed by atoms with E-state index in [1.807, 2.05) is 6.07 Å². The van der Waals surface area contributed by atoms with Crippen LogP contribution in [-0.4, -0.2) is 22.2 Å². The second-order valence-corrected chi connectivity index (χ2v) is 4.78. The van der Waals surface area contributed by atoms with Crippen LogP contribution in [-0.2, 0) is 12.8 Å². The van der Waals surface area contributed by atoms with Gasteiger partial charge in [-0.2, -0.15) is 0 Å². The molecule has 0 bridgehead atoms. The van der Waals surface area contributed by atoms with E-state index in [2.05, 4.69) is 0 Å². The zero-order valence-corrected chi connectivity index (χ0v) is 10.6. The molecule has 0 spiro atoms. The van der Waals surface area contributed by atoms with Gasteiger partial charge in [-0.05, 0) is 41.7 Å². The molecule has 0 heterocycles. The van der Waals surface area contributed by atoms with Crippen LogP contribution in [0.15, 0.2) is 36.4 Å². The van der Waals surface area contributed by atoms with Crippen LogP contribution < -0.4 is 0 Å². The van der Waals surface area contributed by atoms with Crippen molar-refractivity contribution in [1.82, 2.24) is 0 Å². The number of aromatic carboxylic acids is 2. The van der Waals surface area contributed by atoms with E-state index in [0.29, 0.717) is 11.1 Å². The Kier molecular flexibility index (Phi) is 2.79. The highest BCUT2D eigenvalue weighted by molar-refractivity contribution is 6.03. The van der Waals surface area contributed by atoms with Crippen LogP contribution in [0.2, 0.25) is 0 Å². The van der Waals surface area contributed by atoms with Crippen LogP contribution in [0.5, 0.6) is 0 Å². The van der Waals surface area contributed by atoms with E-state index in [-0.39, 0.29) is 11.1 Å². The first kappa shape index (κ1) is 12.4. The largest absolute Gasteiger partial charge is 0.478 e. The molecule has 0 fully saturated rings. The van der Waals surface area contributed by atoms with Crippen molar-refractivity contribution in [2.45, 2.75) is 12.8 Å². The number of benzene rings is 2. The topological polar surface area (TPSA) is 74.6 Å². The van der Waals surface area contributed by atoms with Crippen LogP contribution in [0.4, 0.5) is 0 Å². The number of fused-ring (bicyclic) bond motifs is 1. The Morgan fingerprint density at radius 1 is 0.850 bits per heavy atom. The molecule has 4 nitrogen and oxygen atoms in total. The van der Waals surface area contributed by atoms with Crippen LogP contribution in [0.3, 0.4) is 0 Å². The first-order valence-corrected chi connectivity index (χ1v) is 6.30. The van der Waals surface area contributed by atoms with Crippen molar-refractivity contribution in [3.63, 3.8) is 0 Å². The summed E-state index contributed by atoms with van der Waals surface area (Å²) in [6.45, 7) is 0. The van der Waals surface area contributed by atoms with Crippen LogP contribution in [0.25, 0.3) is 11.1 Å². The van der Waals surface area contributed by atoms with Gasteiger partial charge in [-0.25, -0.2) is 9.59 Å². The zero-order valence-electron chi connectivity index (χ0n) is 10.6. The van der Waals surface area contributed by atoms with Gasteiger partial charge in [0.05, 0.1) is 11.1 Å². The Balaban J connectivity index is 2.33. The van der Waals surface area contributed by atoms with Crippen molar-refractivity contribution in [1.29, 1.82) is 0 Å². The van der Waals surface area contributed by atoms with Crippen molar-refractivity contribution in [3.05, 3.63) is 58.7 Å². The van der Waals surface area contributed by atoms with Crippen LogP contribution >= 0.6 is 0 Å². The van der Waals surface area contributed by atoms with E-state index >= 15 is 0 Å². The Morgan fingerprint density at radius 2 is 1.55 bits per heavy atom. The van der Waals surface area contributed by atoms with Gasteiger partial charge in [0.2, 0.25) is 0 Å². The summed E-state index contributed by atoms with van der Waals surface area (Å²) >= 11 is 0. The SMILES string of the molecule is O=C(O)c1ccccc1-c1c(C(=O)O)ccc2c1CC2. The lowest BCUT2D eigenvalue weighted by Gasteiger charge is -2.25. The molecule has 2 aromatic carbocycles. The van der Waals surface area contributed by atoms with Gasteiger partial charge in [0.15, 0.2) is 0 Å². The summed E-state index contributed by atoms with van der Waals surface area (Å²) in [6.07, 6.45) is 1.71. The van der Waals surface area contributed by atoms with E-state index in [1.165, 1.54) is 6.07 Å². The minimum absolute atomic E-state index is 0.135. The Bertz CT molecular complexity index is 731. The van der Waals surface area contributed by atoms with Crippen molar-refractivity contribution in [2.24, 2.45) is 0 Å². The van der Waals surface area contributed by atoms with Gasteiger partial charge in [0, 0.05) is 5.56 Å². The average Bonchev–Trinajstić information content (AvgIpc) is 2.39. The molecule has 0 saturated heterocycles.